The van der Waals surface area contributed by atoms with E-state index >= 15 is 0 Å². The predicted octanol–water partition coefficient (Wildman–Crippen LogP) is 2.61. The van der Waals surface area contributed by atoms with Gasteiger partial charge in [0, 0.05) is 6.07 Å². The van der Waals surface area contributed by atoms with Crippen molar-refractivity contribution in [2.24, 2.45) is 0 Å². The van der Waals surface area contributed by atoms with Crippen LogP contribution in [0.3, 0.4) is 0 Å². The Morgan fingerprint density at radius 3 is 2.47 bits per heavy atom. The van der Waals surface area contributed by atoms with Crippen molar-refractivity contribution in [2.75, 3.05) is 0 Å². The number of ether oxygens (including phenoxy) is 1. The second kappa shape index (κ2) is 3.98. The first-order chi connectivity index (χ1) is 6.79. The summed E-state index contributed by atoms with van der Waals surface area (Å²) in [6.07, 6.45) is 0. The zero-order chi connectivity index (χ0) is 11.6. The van der Waals surface area contributed by atoms with Gasteiger partial charge in [0.15, 0.2) is 0 Å². The molecule has 15 heavy (non-hydrogen) atoms. The second-order valence-corrected chi connectivity index (χ2v) is 4.96. The number of nitro groups is 1. The molecule has 0 spiro atoms. The fraction of sp³-hybridized carbons (Fsp3) is 0.444. The van der Waals surface area contributed by atoms with Crippen LogP contribution in [0.5, 0.6) is 0 Å². The van der Waals surface area contributed by atoms with Gasteiger partial charge >= 0.3 is 11.0 Å². The van der Waals surface area contributed by atoms with Gasteiger partial charge in [-0.3, -0.25) is 10.1 Å². The highest BCUT2D eigenvalue weighted by molar-refractivity contribution is 7.17. The second-order valence-electron chi connectivity index (χ2n) is 3.90. The summed E-state index contributed by atoms with van der Waals surface area (Å²) in [6, 6.07) is 2.70. The van der Waals surface area contributed by atoms with E-state index in [1.807, 2.05) is 0 Å². The molecule has 0 saturated carbocycles. The minimum Gasteiger partial charge on any atom is -0.456 e. The lowest BCUT2D eigenvalue weighted by atomic mass is 10.2. The summed E-state index contributed by atoms with van der Waals surface area (Å²) in [7, 11) is 0. The van der Waals surface area contributed by atoms with E-state index in [-0.39, 0.29) is 9.88 Å². The minimum absolute atomic E-state index is 0.0594. The summed E-state index contributed by atoms with van der Waals surface area (Å²) in [6.45, 7) is 5.23. The van der Waals surface area contributed by atoms with Gasteiger partial charge in [0.2, 0.25) is 0 Å². The quantitative estimate of drug-likeness (QED) is 0.444. The Labute approximate surface area is 90.8 Å². The molecular formula is C9H11NO4S. The number of carbonyl (C=O) groups is 1. The monoisotopic (exact) mass is 229 g/mol. The lowest BCUT2D eigenvalue weighted by molar-refractivity contribution is -0.380. The Kier molecular flexibility index (Phi) is 3.09. The number of thiophene rings is 1. The van der Waals surface area contributed by atoms with Crippen molar-refractivity contribution >= 4 is 22.3 Å². The van der Waals surface area contributed by atoms with E-state index in [2.05, 4.69) is 0 Å². The zero-order valence-electron chi connectivity index (χ0n) is 8.64. The van der Waals surface area contributed by atoms with Crippen LogP contribution >= 0.6 is 11.3 Å². The van der Waals surface area contributed by atoms with Gasteiger partial charge in [0.25, 0.3) is 0 Å². The van der Waals surface area contributed by atoms with Gasteiger partial charge in [0.05, 0.1) is 4.92 Å². The Balaban J connectivity index is 2.79. The third-order valence-electron chi connectivity index (χ3n) is 1.37. The molecule has 0 saturated heterocycles. The summed E-state index contributed by atoms with van der Waals surface area (Å²) in [5.74, 6) is -0.527. The van der Waals surface area contributed by atoms with Crippen LogP contribution in [-0.4, -0.2) is 16.5 Å². The number of hydrogen-bond acceptors (Lipinski definition) is 5. The first-order valence-electron chi connectivity index (χ1n) is 4.27. The highest BCUT2D eigenvalue weighted by Gasteiger charge is 2.21. The van der Waals surface area contributed by atoms with Crippen LogP contribution in [0.1, 0.15) is 30.4 Å². The molecule has 6 heteroatoms. The molecule has 1 aromatic heterocycles. The first-order valence-corrected chi connectivity index (χ1v) is 5.09. The lowest BCUT2D eigenvalue weighted by Gasteiger charge is -2.18. The summed E-state index contributed by atoms with van der Waals surface area (Å²) < 4.78 is 5.07. The topological polar surface area (TPSA) is 69.4 Å². The molecule has 82 valence electrons. The Morgan fingerprint density at radius 2 is 2.07 bits per heavy atom. The molecule has 0 aliphatic heterocycles. The van der Waals surface area contributed by atoms with Crippen molar-refractivity contribution in [1.29, 1.82) is 0 Å². The molecule has 5 nitrogen and oxygen atoms in total. The number of hydrogen-bond donors (Lipinski definition) is 0. The SMILES string of the molecule is CC(C)(C)OC(=O)c1ccc([N+](=O)[O-])s1. The van der Waals surface area contributed by atoms with Crippen LogP contribution in [0.15, 0.2) is 12.1 Å². The molecule has 1 aromatic rings. The maximum absolute atomic E-state index is 11.5. The maximum atomic E-state index is 11.5. The van der Waals surface area contributed by atoms with Gasteiger partial charge < -0.3 is 4.74 Å². The van der Waals surface area contributed by atoms with Crippen LogP contribution in [0.25, 0.3) is 0 Å². The molecule has 0 aromatic carbocycles. The third kappa shape index (κ3) is 3.32. The summed E-state index contributed by atoms with van der Waals surface area (Å²) in [5, 5.41) is 10.3. The summed E-state index contributed by atoms with van der Waals surface area (Å²) in [5.41, 5.74) is -0.587. The zero-order valence-corrected chi connectivity index (χ0v) is 9.46. The standard InChI is InChI=1S/C9H11NO4S/c1-9(2,3)14-8(11)6-4-5-7(15-6)10(12)13/h4-5H,1-3H3. The summed E-state index contributed by atoms with van der Waals surface area (Å²) in [4.78, 5) is 21.6. The molecule has 1 rings (SSSR count). The van der Waals surface area contributed by atoms with Gasteiger partial charge in [-0.2, -0.15) is 0 Å². The molecule has 1 heterocycles. The van der Waals surface area contributed by atoms with Crippen LogP contribution < -0.4 is 0 Å². The average molecular weight is 229 g/mol. The van der Waals surface area contributed by atoms with Crippen molar-refractivity contribution in [3.8, 4) is 0 Å². The van der Waals surface area contributed by atoms with Crippen molar-refractivity contribution in [3.05, 3.63) is 27.1 Å². The van der Waals surface area contributed by atoms with E-state index in [1.165, 1.54) is 12.1 Å². The van der Waals surface area contributed by atoms with Gasteiger partial charge in [-0.1, -0.05) is 11.3 Å². The average Bonchev–Trinajstić information content (AvgIpc) is 2.47. The van der Waals surface area contributed by atoms with Crippen LogP contribution in [0.2, 0.25) is 0 Å². The Hall–Kier alpha value is -1.43. The molecule has 0 aliphatic rings. The highest BCUT2D eigenvalue weighted by atomic mass is 32.1. The van der Waals surface area contributed by atoms with Crippen molar-refractivity contribution in [3.63, 3.8) is 0 Å². The number of nitrogens with zero attached hydrogens (tertiary/aromatic N) is 1. The molecule has 0 N–H and O–H groups in total. The normalized spacial score (nSPS) is 11.1. The van der Waals surface area contributed by atoms with Gasteiger partial charge in [0.1, 0.15) is 10.5 Å². The molecule has 0 atom stereocenters. The van der Waals surface area contributed by atoms with Crippen LogP contribution in [0, 0.1) is 10.1 Å². The third-order valence-corrected chi connectivity index (χ3v) is 2.39. The molecule has 0 aliphatic carbocycles. The largest absolute Gasteiger partial charge is 0.456 e. The minimum atomic E-state index is -0.587. The van der Waals surface area contributed by atoms with E-state index in [1.54, 1.807) is 20.8 Å². The number of carbonyl (C=O) groups excluding carboxylic acids is 1. The van der Waals surface area contributed by atoms with E-state index in [4.69, 9.17) is 4.74 Å². The fourth-order valence-corrected chi connectivity index (χ4v) is 1.56. The highest BCUT2D eigenvalue weighted by Crippen LogP contribution is 2.25. The Morgan fingerprint density at radius 1 is 1.47 bits per heavy atom. The van der Waals surface area contributed by atoms with Gasteiger partial charge in [-0.05, 0) is 26.8 Å². The number of rotatable bonds is 2. The molecule has 0 unspecified atom stereocenters. The molecule has 0 amide bonds. The van der Waals surface area contributed by atoms with Crippen molar-refractivity contribution in [1.82, 2.24) is 0 Å². The predicted molar refractivity (Wildman–Crippen MR) is 56.1 cm³/mol. The van der Waals surface area contributed by atoms with E-state index < -0.39 is 16.5 Å². The first kappa shape index (κ1) is 11.6. The van der Waals surface area contributed by atoms with Gasteiger partial charge in [-0.15, -0.1) is 0 Å². The van der Waals surface area contributed by atoms with Crippen LogP contribution in [-0.2, 0) is 4.74 Å². The van der Waals surface area contributed by atoms with E-state index in [0.29, 0.717) is 0 Å². The van der Waals surface area contributed by atoms with E-state index in [9.17, 15) is 14.9 Å². The fourth-order valence-electron chi connectivity index (χ4n) is 0.864. The van der Waals surface area contributed by atoms with Crippen LogP contribution in [0.4, 0.5) is 5.00 Å². The van der Waals surface area contributed by atoms with E-state index in [0.717, 1.165) is 11.3 Å². The Bertz CT molecular complexity index is 391. The van der Waals surface area contributed by atoms with Crippen molar-refractivity contribution in [2.45, 2.75) is 26.4 Å². The number of esters is 1. The smallest absolute Gasteiger partial charge is 0.349 e. The lowest BCUT2D eigenvalue weighted by Crippen LogP contribution is -2.23. The van der Waals surface area contributed by atoms with Gasteiger partial charge in [-0.25, -0.2) is 4.79 Å². The maximum Gasteiger partial charge on any atom is 0.349 e. The summed E-state index contributed by atoms with van der Waals surface area (Å²) >= 11 is 0.816. The molecular weight excluding hydrogens is 218 g/mol. The molecule has 0 fully saturated rings. The molecule has 0 bridgehead atoms. The molecule has 0 radical (unpaired) electrons. The van der Waals surface area contributed by atoms with Crippen molar-refractivity contribution < 1.29 is 14.5 Å².